The lowest BCUT2D eigenvalue weighted by atomic mass is 10.7. The van der Waals surface area contributed by atoms with Crippen molar-refractivity contribution in [3.63, 3.8) is 0 Å². The number of hydrogen-bond donors (Lipinski definition) is 0. The van der Waals surface area contributed by atoms with Crippen molar-refractivity contribution < 1.29 is 9.78 Å². The van der Waals surface area contributed by atoms with Crippen LogP contribution in [0.15, 0.2) is 12.3 Å². The van der Waals surface area contributed by atoms with Crippen LogP contribution in [0.2, 0.25) is 0 Å². The second kappa shape index (κ2) is 7.17. The summed E-state index contributed by atoms with van der Waals surface area (Å²) in [5, 5.41) is 0. The van der Waals surface area contributed by atoms with Gasteiger partial charge in [-0.3, -0.25) is 0 Å². The molecule has 13 heavy (non-hydrogen) atoms. The van der Waals surface area contributed by atoms with E-state index in [9.17, 15) is 0 Å². The van der Waals surface area contributed by atoms with Gasteiger partial charge >= 0.3 is 0 Å². The first-order valence-electron chi connectivity index (χ1n) is 3.89. The van der Waals surface area contributed by atoms with Crippen molar-refractivity contribution in [2.24, 2.45) is 0 Å². The summed E-state index contributed by atoms with van der Waals surface area (Å²) in [4.78, 5) is 11.4. The maximum absolute atomic E-state index is 5.06. The van der Waals surface area contributed by atoms with Gasteiger partial charge in [-0.15, -0.1) is 0 Å². The minimum absolute atomic E-state index is 0.516. The normalized spacial score (nSPS) is 9.46. The van der Waals surface area contributed by atoms with Gasteiger partial charge in [-0.1, -0.05) is 30.6 Å². The zero-order valence-corrected chi connectivity index (χ0v) is 9.83. The molecule has 0 saturated carbocycles. The Hall–Kier alpha value is -0.260. The number of rotatable bonds is 5. The lowest BCUT2D eigenvalue weighted by molar-refractivity contribution is -0.256. The van der Waals surface area contributed by atoms with E-state index in [1.165, 1.54) is 11.8 Å². The zero-order chi connectivity index (χ0) is 10.3. The van der Waals surface area contributed by atoms with Gasteiger partial charge in [-0.25, -0.2) is 0 Å². The summed E-state index contributed by atoms with van der Waals surface area (Å²) in [5.74, 6) is 1.20. The Bertz CT molecular complexity index is 183. The molecule has 0 aromatic heterocycles. The standard InChI is InChI=1S/C8H15NO2S2/c1-5-10-11-7(2)6-13-8(12)9(3)4/h2,5-6H2,1,3-4H3. The summed E-state index contributed by atoms with van der Waals surface area (Å²) in [6.45, 7) is 6.05. The average Bonchev–Trinajstić information content (AvgIpc) is 2.10. The summed E-state index contributed by atoms with van der Waals surface area (Å²) in [6.07, 6.45) is 0. The monoisotopic (exact) mass is 221 g/mol. The smallest absolute Gasteiger partial charge is 0.145 e. The van der Waals surface area contributed by atoms with E-state index in [1.54, 1.807) is 0 Å². The van der Waals surface area contributed by atoms with Crippen LogP contribution in [-0.4, -0.2) is 35.7 Å². The molecule has 0 radical (unpaired) electrons. The lowest BCUT2D eigenvalue weighted by Gasteiger charge is -2.12. The molecule has 0 aliphatic rings. The largest absolute Gasteiger partial charge is 0.364 e. The highest BCUT2D eigenvalue weighted by atomic mass is 32.2. The first-order valence-corrected chi connectivity index (χ1v) is 5.28. The van der Waals surface area contributed by atoms with E-state index in [1.807, 2.05) is 25.9 Å². The molecule has 0 atom stereocenters. The highest BCUT2D eigenvalue weighted by molar-refractivity contribution is 8.23. The maximum Gasteiger partial charge on any atom is 0.145 e. The molecule has 0 unspecified atom stereocenters. The fourth-order valence-electron chi connectivity index (χ4n) is 0.438. The molecule has 0 fully saturated rings. The van der Waals surface area contributed by atoms with Crippen LogP contribution in [0.4, 0.5) is 0 Å². The summed E-state index contributed by atoms with van der Waals surface area (Å²) in [6, 6.07) is 0. The third-order valence-corrected chi connectivity index (χ3v) is 2.81. The van der Waals surface area contributed by atoms with Crippen molar-refractivity contribution in [1.29, 1.82) is 0 Å². The van der Waals surface area contributed by atoms with Crippen LogP contribution in [0.3, 0.4) is 0 Å². The molecule has 76 valence electrons. The molecule has 0 aliphatic carbocycles. The van der Waals surface area contributed by atoms with Crippen LogP contribution in [0, 0.1) is 0 Å². The Morgan fingerprint density at radius 1 is 1.54 bits per heavy atom. The quantitative estimate of drug-likeness (QED) is 0.306. The van der Waals surface area contributed by atoms with Gasteiger partial charge in [0.15, 0.2) is 0 Å². The summed E-state index contributed by atoms with van der Waals surface area (Å²) >= 11 is 6.56. The second-order valence-corrected chi connectivity index (χ2v) is 4.09. The van der Waals surface area contributed by atoms with Gasteiger partial charge < -0.3 is 9.79 Å². The molecule has 5 heteroatoms. The Morgan fingerprint density at radius 3 is 2.62 bits per heavy atom. The first kappa shape index (κ1) is 12.7. The van der Waals surface area contributed by atoms with Crippen molar-refractivity contribution in [2.45, 2.75) is 6.92 Å². The van der Waals surface area contributed by atoms with E-state index < -0.39 is 0 Å². The number of hydrogen-bond acceptors (Lipinski definition) is 4. The van der Waals surface area contributed by atoms with Crippen molar-refractivity contribution in [3.05, 3.63) is 12.3 Å². The van der Waals surface area contributed by atoms with Gasteiger partial charge in [-0.2, -0.15) is 4.89 Å². The molecule has 0 heterocycles. The lowest BCUT2D eigenvalue weighted by Crippen LogP contribution is -2.16. The van der Waals surface area contributed by atoms with Gasteiger partial charge in [0.05, 0.1) is 12.4 Å². The third-order valence-electron chi connectivity index (χ3n) is 1.02. The molecule has 0 amide bonds. The van der Waals surface area contributed by atoms with E-state index in [0.29, 0.717) is 18.1 Å². The molecule has 0 aromatic carbocycles. The summed E-state index contributed by atoms with van der Waals surface area (Å²) in [7, 11) is 3.81. The average molecular weight is 221 g/mol. The predicted octanol–water partition coefficient (Wildman–Crippen LogP) is 2.05. The van der Waals surface area contributed by atoms with Gasteiger partial charge in [0.2, 0.25) is 0 Å². The molecule has 0 bridgehead atoms. The molecule has 0 spiro atoms. The Balaban J connectivity index is 3.52. The van der Waals surface area contributed by atoms with Crippen molar-refractivity contribution >= 4 is 28.3 Å². The molecule has 0 aromatic rings. The maximum atomic E-state index is 5.06. The van der Waals surface area contributed by atoms with Crippen LogP contribution >= 0.6 is 24.0 Å². The zero-order valence-electron chi connectivity index (χ0n) is 8.20. The topological polar surface area (TPSA) is 21.7 Å². The second-order valence-electron chi connectivity index (χ2n) is 2.48. The van der Waals surface area contributed by atoms with Gasteiger partial charge in [0.1, 0.15) is 10.1 Å². The molecule has 0 aliphatic heterocycles. The van der Waals surface area contributed by atoms with Crippen molar-refractivity contribution in [2.75, 3.05) is 26.5 Å². The van der Waals surface area contributed by atoms with E-state index in [0.717, 1.165) is 4.32 Å². The minimum atomic E-state index is 0.516. The number of thiocarbonyl (C=S) groups is 1. The number of nitrogens with zero attached hydrogens (tertiary/aromatic N) is 1. The van der Waals surface area contributed by atoms with Gasteiger partial charge in [0, 0.05) is 14.1 Å². The van der Waals surface area contributed by atoms with E-state index >= 15 is 0 Å². The van der Waals surface area contributed by atoms with Crippen LogP contribution < -0.4 is 0 Å². The SMILES string of the molecule is C=C(CSC(=S)N(C)C)OOCC. The summed E-state index contributed by atoms with van der Waals surface area (Å²) in [5.41, 5.74) is 0. The van der Waals surface area contributed by atoms with E-state index in [-0.39, 0.29) is 0 Å². The van der Waals surface area contributed by atoms with Crippen LogP contribution in [0.1, 0.15) is 6.92 Å². The summed E-state index contributed by atoms with van der Waals surface area (Å²) < 4.78 is 0.807. The molecular weight excluding hydrogens is 206 g/mol. The first-order chi connectivity index (χ1) is 6.07. The molecule has 3 nitrogen and oxygen atoms in total. The molecular formula is C8H15NO2S2. The van der Waals surface area contributed by atoms with Crippen LogP contribution in [-0.2, 0) is 9.78 Å². The van der Waals surface area contributed by atoms with Gasteiger partial charge in [0.25, 0.3) is 0 Å². The highest BCUT2D eigenvalue weighted by Crippen LogP contribution is 2.11. The van der Waals surface area contributed by atoms with Gasteiger partial charge in [-0.05, 0) is 6.92 Å². The molecule has 0 N–H and O–H groups in total. The van der Waals surface area contributed by atoms with Crippen LogP contribution in [0.25, 0.3) is 0 Å². The fourth-order valence-corrected chi connectivity index (χ4v) is 1.21. The highest BCUT2D eigenvalue weighted by Gasteiger charge is 2.02. The number of thioether (sulfide) groups is 1. The van der Waals surface area contributed by atoms with Crippen molar-refractivity contribution in [3.8, 4) is 0 Å². The molecule has 0 rings (SSSR count). The minimum Gasteiger partial charge on any atom is -0.364 e. The Morgan fingerprint density at radius 2 is 2.15 bits per heavy atom. The molecule has 0 saturated heterocycles. The van der Waals surface area contributed by atoms with E-state index in [4.69, 9.17) is 22.0 Å². The predicted molar refractivity (Wildman–Crippen MR) is 60.6 cm³/mol. The van der Waals surface area contributed by atoms with E-state index in [2.05, 4.69) is 6.58 Å². The third kappa shape index (κ3) is 6.86. The van der Waals surface area contributed by atoms with Crippen LogP contribution in [0.5, 0.6) is 0 Å². The Labute approximate surface area is 89.0 Å². The Kier molecular flexibility index (Phi) is 7.03. The van der Waals surface area contributed by atoms with Crippen molar-refractivity contribution in [1.82, 2.24) is 4.90 Å². The fraction of sp³-hybridized carbons (Fsp3) is 0.625.